The van der Waals surface area contributed by atoms with E-state index in [1.165, 1.54) is 11.8 Å². The summed E-state index contributed by atoms with van der Waals surface area (Å²) < 4.78 is 5.67. The number of hydrogen-bond donors (Lipinski definition) is 1. The molecular weight excluding hydrogens is 312 g/mol. The van der Waals surface area contributed by atoms with Crippen molar-refractivity contribution in [3.63, 3.8) is 0 Å². The summed E-state index contributed by atoms with van der Waals surface area (Å²) in [5.41, 5.74) is 1.30. The summed E-state index contributed by atoms with van der Waals surface area (Å²) in [6, 6.07) is 11.1. The number of halogens is 1. The molecule has 4 nitrogen and oxygen atoms in total. The van der Waals surface area contributed by atoms with E-state index in [9.17, 15) is 4.79 Å². The molecule has 0 saturated heterocycles. The molecule has 0 radical (unpaired) electrons. The van der Waals surface area contributed by atoms with Crippen molar-refractivity contribution in [2.45, 2.75) is 39.2 Å². The number of nitrogens with zero attached hydrogens (tertiary/aromatic N) is 1. The number of ether oxygens (including phenoxy) is 1. The second-order valence-electron chi connectivity index (χ2n) is 6.39. The number of rotatable bonds is 4. The summed E-state index contributed by atoms with van der Waals surface area (Å²) in [4.78, 5) is 16.1. The van der Waals surface area contributed by atoms with Gasteiger partial charge in [0.1, 0.15) is 11.6 Å². The van der Waals surface area contributed by atoms with Gasteiger partial charge < -0.3 is 10.1 Å². The zero-order valence-electron chi connectivity index (χ0n) is 13.8. The number of hydrogen-bond acceptors (Lipinski definition) is 3. The second kappa shape index (κ2) is 7.01. The van der Waals surface area contributed by atoms with E-state index in [2.05, 4.69) is 31.1 Å². The molecule has 0 aliphatic carbocycles. The normalized spacial score (nSPS) is 12.6. The quantitative estimate of drug-likeness (QED) is 0.900. The highest BCUT2D eigenvalue weighted by Crippen LogP contribution is 2.24. The lowest BCUT2D eigenvalue weighted by atomic mass is 9.87. The fourth-order valence-electron chi connectivity index (χ4n) is 1.97. The largest absolute Gasteiger partial charge is 0.481 e. The monoisotopic (exact) mass is 332 g/mol. The van der Waals surface area contributed by atoms with Gasteiger partial charge in [0.25, 0.3) is 5.91 Å². The molecule has 0 saturated carbocycles. The molecule has 0 spiro atoms. The van der Waals surface area contributed by atoms with E-state index in [1.54, 1.807) is 19.1 Å². The van der Waals surface area contributed by atoms with E-state index >= 15 is 0 Å². The number of carbonyl (C=O) groups is 1. The van der Waals surface area contributed by atoms with Crippen LogP contribution in [0, 0.1) is 0 Å². The highest BCUT2D eigenvalue weighted by atomic mass is 35.5. The minimum atomic E-state index is -0.632. The van der Waals surface area contributed by atoms with Gasteiger partial charge in [0, 0.05) is 6.20 Å². The first-order chi connectivity index (χ1) is 10.8. The molecule has 2 rings (SSSR count). The molecule has 0 aliphatic rings. The van der Waals surface area contributed by atoms with E-state index in [-0.39, 0.29) is 11.3 Å². The smallest absolute Gasteiger partial charge is 0.266 e. The predicted molar refractivity (Wildman–Crippen MR) is 93.1 cm³/mol. The number of carbonyl (C=O) groups excluding carboxylic acids is 1. The van der Waals surface area contributed by atoms with E-state index in [0.717, 1.165) is 0 Å². The van der Waals surface area contributed by atoms with Gasteiger partial charge in [-0.05, 0) is 42.2 Å². The van der Waals surface area contributed by atoms with Gasteiger partial charge >= 0.3 is 0 Å². The Morgan fingerprint density at radius 3 is 2.35 bits per heavy atom. The van der Waals surface area contributed by atoms with Crippen LogP contribution in [-0.4, -0.2) is 17.0 Å². The van der Waals surface area contributed by atoms with Crippen molar-refractivity contribution < 1.29 is 9.53 Å². The Kier molecular flexibility index (Phi) is 5.26. The van der Waals surface area contributed by atoms with Gasteiger partial charge in [-0.1, -0.05) is 44.5 Å². The third kappa shape index (κ3) is 4.96. The Morgan fingerprint density at radius 1 is 1.17 bits per heavy atom. The first-order valence-electron chi connectivity index (χ1n) is 7.45. The van der Waals surface area contributed by atoms with Crippen molar-refractivity contribution in [1.29, 1.82) is 0 Å². The maximum absolute atomic E-state index is 12.1. The molecule has 0 fully saturated rings. The molecule has 5 heteroatoms. The van der Waals surface area contributed by atoms with Crippen LogP contribution in [0.1, 0.15) is 33.3 Å². The lowest BCUT2D eigenvalue weighted by Gasteiger charge is -2.20. The summed E-state index contributed by atoms with van der Waals surface area (Å²) in [5, 5.41) is 3.21. The first kappa shape index (κ1) is 17.3. The standard InChI is InChI=1S/C18H21ClN2O2/c1-12(17(22)21-16-10-7-14(19)11-20-16)23-15-8-5-13(6-9-15)18(2,3)4/h5-12H,1-4H3,(H,20,21,22). The highest BCUT2D eigenvalue weighted by molar-refractivity contribution is 6.30. The molecule has 1 aromatic heterocycles. The van der Waals surface area contributed by atoms with Crippen molar-refractivity contribution in [1.82, 2.24) is 4.98 Å². The molecule has 0 aliphatic heterocycles. The van der Waals surface area contributed by atoms with Crippen LogP contribution in [0.15, 0.2) is 42.6 Å². The van der Waals surface area contributed by atoms with Crippen LogP contribution in [0.4, 0.5) is 5.82 Å². The van der Waals surface area contributed by atoms with Crippen LogP contribution in [-0.2, 0) is 10.2 Å². The van der Waals surface area contributed by atoms with Gasteiger partial charge in [0.05, 0.1) is 5.02 Å². The van der Waals surface area contributed by atoms with Gasteiger partial charge in [0.2, 0.25) is 0 Å². The lowest BCUT2D eigenvalue weighted by molar-refractivity contribution is -0.122. The maximum atomic E-state index is 12.1. The third-order valence-corrected chi connectivity index (χ3v) is 3.60. The van der Waals surface area contributed by atoms with Crippen LogP contribution < -0.4 is 10.1 Å². The Labute approximate surface area is 141 Å². The summed E-state index contributed by atoms with van der Waals surface area (Å²) >= 11 is 5.76. The number of pyridine rings is 1. The summed E-state index contributed by atoms with van der Waals surface area (Å²) in [6.07, 6.45) is 0.849. The Bertz CT molecular complexity index is 661. The molecule has 1 aromatic carbocycles. The zero-order valence-corrected chi connectivity index (χ0v) is 14.5. The fourth-order valence-corrected chi connectivity index (χ4v) is 2.08. The van der Waals surface area contributed by atoms with Crippen molar-refractivity contribution >= 4 is 23.3 Å². The molecule has 1 amide bonds. The zero-order chi connectivity index (χ0) is 17.0. The van der Waals surface area contributed by atoms with Gasteiger partial charge in [-0.2, -0.15) is 0 Å². The van der Waals surface area contributed by atoms with Gasteiger partial charge in [0.15, 0.2) is 6.10 Å². The molecule has 1 atom stereocenters. The van der Waals surface area contributed by atoms with Crippen LogP contribution in [0.25, 0.3) is 0 Å². The number of benzene rings is 1. The minimum Gasteiger partial charge on any atom is -0.481 e. The highest BCUT2D eigenvalue weighted by Gasteiger charge is 2.17. The molecule has 122 valence electrons. The summed E-state index contributed by atoms with van der Waals surface area (Å²) in [7, 11) is 0. The van der Waals surface area contributed by atoms with E-state index < -0.39 is 6.10 Å². The van der Waals surface area contributed by atoms with Crippen molar-refractivity contribution in [3.8, 4) is 5.75 Å². The van der Waals surface area contributed by atoms with Gasteiger partial charge in [-0.25, -0.2) is 4.98 Å². The number of nitrogens with one attached hydrogen (secondary N) is 1. The maximum Gasteiger partial charge on any atom is 0.266 e. The Balaban J connectivity index is 1.96. The Hall–Kier alpha value is -2.07. The second-order valence-corrected chi connectivity index (χ2v) is 6.82. The lowest BCUT2D eigenvalue weighted by Crippen LogP contribution is -2.30. The van der Waals surface area contributed by atoms with Crippen molar-refractivity contribution in [2.24, 2.45) is 0 Å². The van der Waals surface area contributed by atoms with E-state index in [4.69, 9.17) is 16.3 Å². The average molecular weight is 333 g/mol. The van der Waals surface area contributed by atoms with Crippen LogP contribution in [0.3, 0.4) is 0 Å². The van der Waals surface area contributed by atoms with Crippen LogP contribution in [0.2, 0.25) is 5.02 Å². The molecule has 0 bridgehead atoms. The first-order valence-corrected chi connectivity index (χ1v) is 7.83. The summed E-state index contributed by atoms with van der Waals surface area (Å²) in [5.74, 6) is 0.836. The van der Waals surface area contributed by atoms with Crippen molar-refractivity contribution in [3.05, 3.63) is 53.2 Å². The fraction of sp³-hybridized carbons (Fsp3) is 0.333. The van der Waals surface area contributed by atoms with E-state index in [1.807, 2.05) is 24.3 Å². The van der Waals surface area contributed by atoms with E-state index in [0.29, 0.717) is 16.6 Å². The average Bonchev–Trinajstić information content (AvgIpc) is 2.49. The molecule has 1 unspecified atom stereocenters. The number of amides is 1. The molecule has 23 heavy (non-hydrogen) atoms. The van der Waals surface area contributed by atoms with Crippen LogP contribution >= 0.6 is 11.6 Å². The molecule has 1 heterocycles. The Morgan fingerprint density at radius 2 is 1.83 bits per heavy atom. The van der Waals surface area contributed by atoms with Gasteiger partial charge in [-0.3, -0.25) is 4.79 Å². The van der Waals surface area contributed by atoms with Crippen molar-refractivity contribution in [2.75, 3.05) is 5.32 Å². The molecule has 2 aromatic rings. The van der Waals surface area contributed by atoms with Crippen LogP contribution in [0.5, 0.6) is 5.75 Å². The third-order valence-electron chi connectivity index (χ3n) is 3.38. The molecular formula is C18H21ClN2O2. The topological polar surface area (TPSA) is 51.2 Å². The number of aromatic nitrogens is 1. The minimum absolute atomic E-state index is 0.0851. The predicted octanol–water partition coefficient (Wildman–Crippen LogP) is 4.44. The number of anilines is 1. The SMILES string of the molecule is CC(Oc1ccc(C(C)(C)C)cc1)C(=O)Nc1ccc(Cl)cn1. The summed E-state index contributed by atoms with van der Waals surface area (Å²) in [6.45, 7) is 8.15. The van der Waals surface area contributed by atoms with Gasteiger partial charge in [-0.15, -0.1) is 0 Å². The molecule has 1 N–H and O–H groups in total.